The monoisotopic (exact) mass is 316 g/mol. The van der Waals surface area contributed by atoms with Crippen molar-refractivity contribution in [3.05, 3.63) is 48.2 Å². The molecule has 2 aromatic rings. The predicted molar refractivity (Wildman–Crippen MR) is 90.3 cm³/mol. The van der Waals surface area contributed by atoms with Crippen molar-refractivity contribution in [1.82, 2.24) is 14.7 Å². The molecule has 0 aliphatic heterocycles. The van der Waals surface area contributed by atoms with Gasteiger partial charge in [-0.3, -0.25) is 5.32 Å². The molecule has 1 heterocycles. The largest absolute Gasteiger partial charge is 0.396 e. The summed E-state index contributed by atoms with van der Waals surface area (Å²) in [4.78, 5) is 14.2. The zero-order chi connectivity index (χ0) is 16.8. The van der Waals surface area contributed by atoms with E-state index >= 15 is 0 Å². The summed E-state index contributed by atoms with van der Waals surface area (Å²) in [6, 6.07) is 11.2. The number of aliphatic hydroxyl groups excluding tert-OH is 1. The minimum Gasteiger partial charge on any atom is -0.396 e. The zero-order valence-corrected chi connectivity index (χ0v) is 13.8. The molecule has 0 spiro atoms. The summed E-state index contributed by atoms with van der Waals surface area (Å²) in [6.07, 6.45) is 2.15. The van der Waals surface area contributed by atoms with Crippen molar-refractivity contribution in [2.45, 2.75) is 32.4 Å². The molecule has 1 aromatic carbocycles. The SMILES string of the molecule is CC(C)n1nccc1NC(=O)N(C)C(CCO)c1ccccc1. The molecule has 0 aliphatic carbocycles. The van der Waals surface area contributed by atoms with E-state index in [1.807, 2.05) is 44.2 Å². The first-order chi connectivity index (χ1) is 11.0. The highest BCUT2D eigenvalue weighted by atomic mass is 16.3. The summed E-state index contributed by atoms with van der Waals surface area (Å²) in [7, 11) is 1.73. The highest BCUT2D eigenvalue weighted by Gasteiger charge is 2.22. The van der Waals surface area contributed by atoms with Crippen molar-refractivity contribution < 1.29 is 9.90 Å². The average molecular weight is 316 g/mol. The Bertz CT molecular complexity index is 625. The number of rotatable bonds is 6. The van der Waals surface area contributed by atoms with Gasteiger partial charge in [0.15, 0.2) is 0 Å². The number of benzene rings is 1. The fourth-order valence-corrected chi connectivity index (χ4v) is 2.55. The fraction of sp³-hybridized carbons (Fsp3) is 0.412. The Kier molecular flexibility index (Phi) is 5.76. The van der Waals surface area contributed by atoms with E-state index in [-0.39, 0.29) is 24.7 Å². The van der Waals surface area contributed by atoms with Crippen LogP contribution in [0.4, 0.5) is 10.6 Å². The molecular weight excluding hydrogens is 292 g/mol. The number of carbonyl (C=O) groups excluding carboxylic acids is 1. The third-order valence-electron chi connectivity index (χ3n) is 3.77. The number of amides is 2. The number of nitrogens with zero attached hydrogens (tertiary/aromatic N) is 3. The Morgan fingerprint density at radius 1 is 1.30 bits per heavy atom. The van der Waals surface area contributed by atoms with Gasteiger partial charge in [0.2, 0.25) is 0 Å². The fourth-order valence-electron chi connectivity index (χ4n) is 2.55. The Morgan fingerprint density at radius 2 is 2.00 bits per heavy atom. The number of hydrogen-bond donors (Lipinski definition) is 2. The topological polar surface area (TPSA) is 70.4 Å². The summed E-state index contributed by atoms with van der Waals surface area (Å²) < 4.78 is 1.76. The van der Waals surface area contributed by atoms with E-state index in [2.05, 4.69) is 10.4 Å². The van der Waals surface area contributed by atoms with Gasteiger partial charge in [-0.2, -0.15) is 5.10 Å². The van der Waals surface area contributed by atoms with Gasteiger partial charge in [0, 0.05) is 25.8 Å². The van der Waals surface area contributed by atoms with E-state index in [9.17, 15) is 9.90 Å². The van der Waals surface area contributed by atoms with Crippen molar-refractivity contribution in [1.29, 1.82) is 0 Å². The van der Waals surface area contributed by atoms with Gasteiger partial charge < -0.3 is 10.0 Å². The first kappa shape index (κ1) is 17.0. The number of aromatic nitrogens is 2. The van der Waals surface area contributed by atoms with Crippen molar-refractivity contribution in [3.63, 3.8) is 0 Å². The standard InChI is InChI=1S/C17H24N4O2/c1-13(2)21-16(9-11-18-21)19-17(23)20(3)15(10-12-22)14-7-5-4-6-8-14/h4-9,11,13,15,22H,10,12H2,1-3H3,(H,19,23). The lowest BCUT2D eigenvalue weighted by Gasteiger charge is -2.28. The smallest absolute Gasteiger partial charge is 0.323 e. The van der Waals surface area contributed by atoms with Crippen LogP contribution in [-0.4, -0.2) is 39.5 Å². The van der Waals surface area contributed by atoms with Crippen molar-refractivity contribution >= 4 is 11.8 Å². The van der Waals surface area contributed by atoms with Crippen LogP contribution in [-0.2, 0) is 0 Å². The highest BCUT2D eigenvalue weighted by molar-refractivity contribution is 5.88. The average Bonchev–Trinajstić information content (AvgIpc) is 3.01. The minimum absolute atomic E-state index is 0.0150. The number of anilines is 1. The Balaban J connectivity index is 2.14. The van der Waals surface area contributed by atoms with Crippen LogP contribution in [0.5, 0.6) is 0 Å². The first-order valence-electron chi connectivity index (χ1n) is 7.77. The maximum absolute atomic E-state index is 12.6. The van der Waals surface area contributed by atoms with Gasteiger partial charge in [-0.25, -0.2) is 9.48 Å². The number of urea groups is 1. The van der Waals surface area contributed by atoms with Crippen molar-refractivity contribution in [2.24, 2.45) is 0 Å². The molecule has 6 nitrogen and oxygen atoms in total. The van der Waals surface area contributed by atoms with E-state index < -0.39 is 0 Å². The van der Waals surface area contributed by atoms with Gasteiger partial charge in [0.25, 0.3) is 0 Å². The second-order valence-corrected chi connectivity index (χ2v) is 5.73. The molecule has 6 heteroatoms. The molecule has 1 atom stereocenters. The van der Waals surface area contributed by atoms with Crippen LogP contribution < -0.4 is 5.32 Å². The van der Waals surface area contributed by atoms with E-state index in [1.54, 1.807) is 28.9 Å². The highest BCUT2D eigenvalue weighted by Crippen LogP contribution is 2.24. The van der Waals surface area contributed by atoms with Crippen LogP contribution in [0.1, 0.15) is 37.9 Å². The van der Waals surface area contributed by atoms with E-state index in [1.165, 1.54) is 0 Å². The molecule has 23 heavy (non-hydrogen) atoms. The van der Waals surface area contributed by atoms with Crippen molar-refractivity contribution in [3.8, 4) is 0 Å². The Hall–Kier alpha value is -2.34. The van der Waals surface area contributed by atoms with Gasteiger partial charge >= 0.3 is 6.03 Å². The van der Waals surface area contributed by atoms with Crippen LogP contribution in [0.25, 0.3) is 0 Å². The van der Waals surface area contributed by atoms with Gasteiger partial charge in [0.05, 0.1) is 12.2 Å². The van der Waals surface area contributed by atoms with Gasteiger partial charge in [-0.05, 0) is 25.8 Å². The second kappa shape index (κ2) is 7.78. The summed E-state index contributed by atoms with van der Waals surface area (Å²) in [5.74, 6) is 0.660. The van der Waals surface area contributed by atoms with Crippen LogP contribution >= 0.6 is 0 Å². The van der Waals surface area contributed by atoms with Crippen LogP contribution in [0.2, 0.25) is 0 Å². The summed E-state index contributed by atoms with van der Waals surface area (Å²) in [5.41, 5.74) is 0.997. The van der Waals surface area contributed by atoms with E-state index in [0.717, 1.165) is 5.56 Å². The van der Waals surface area contributed by atoms with Gasteiger partial charge in [-0.15, -0.1) is 0 Å². The van der Waals surface area contributed by atoms with E-state index in [4.69, 9.17) is 0 Å². The molecule has 124 valence electrons. The van der Waals surface area contributed by atoms with Crippen molar-refractivity contribution in [2.75, 3.05) is 19.0 Å². The molecule has 1 aromatic heterocycles. The molecule has 0 saturated heterocycles. The summed E-state index contributed by atoms with van der Waals surface area (Å²) in [5, 5.41) is 16.4. The maximum Gasteiger partial charge on any atom is 0.323 e. The van der Waals surface area contributed by atoms with E-state index in [0.29, 0.717) is 12.2 Å². The first-order valence-corrected chi connectivity index (χ1v) is 7.77. The molecule has 2 amide bonds. The molecule has 0 radical (unpaired) electrons. The minimum atomic E-state index is -0.227. The zero-order valence-electron chi connectivity index (χ0n) is 13.8. The molecule has 2 N–H and O–H groups in total. The third kappa shape index (κ3) is 4.10. The Labute approximate surface area is 136 Å². The number of hydrogen-bond acceptors (Lipinski definition) is 3. The van der Waals surface area contributed by atoms with Crippen LogP contribution in [0, 0.1) is 0 Å². The second-order valence-electron chi connectivity index (χ2n) is 5.73. The molecule has 0 aliphatic rings. The predicted octanol–water partition coefficient (Wildman–Crippen LogP) is 3.05. The number of nitrogens with one attached hydrogen (secondary N) is 1. The van der Waals surface area contributed by atoms with Gasteiger partial charge in [0.1, 0.15) is 5.82 Å². The lowest BCUT2D eigenvalue weighted by molar-refractivity contribution is 0.183. The summed E-state index contributed by atoms with van der Waals surface area (Å²) in [6.45, 7) is 4.02. The lowest BCUT2D eigenvalue weighted by atomic mass is 10.0. The van der Waals surface area contributed by atoms with Crippen LogP contribution in [0.3, 0.4) is 0 Å². The molecular formula is C17H24N4O2. The molecule has 0 saturated carbocycles. The number of carbonyl (C=O) groups is 1. The lowest BCUT2D eigenvalue weighted by Crippen LogP contribution is -2.36. The molecule has 2 rings (SSSR count). The normalized spacial score (nSPS) is 12.2. The maximum atomic E-state index is 12.6. The summed E-state index contributed by atoms with van der Waals surface area (Å²) >= 11 is 0. The van der Waals surface area contributed by atoms with Gasteiger partial charge in [-0.1, -0.05) is 30.3 Å². The quantitative estimate of drug-likeness (QED) is 0.860. The molecule has 0 bridgehead atoms. The number of aliphatic hydroxyl groups is 1. The third-order valence-corrected chi connectivity index (χ3v) is 3.77. The molecule has 0 fully saturated rings. The Morgan fingerprint density at radius 3 is 2.61 bits per heavy atom. The van der Waals surface area contributed by atoms with Crippen LogP contribution in [0.15, 0.2) is 42.6 Å². The molecule has 1 unspecified atom stereocenters.